The van der Waals surface area contributed by atoms with E-state index in [1.165, 1.54) is 16.6 Å². The maximum absolute atomic E-state index is 12.7. The number of rotatable bonds is 18. The van der Waals surface area contributed by atoms with Crippen molar-refractivity contribution < 1.29 is 27.1 Å². The summed E-state index contributed by atoms with van der Waals surface area (Å²) in [6, 6.07) is 8.43. The Morgan fingerprint density at radius 2 is 1.60 bits per heavy atom. The van der Waals surface area contributed by atoms with Crippen molar-refractivity contribution in [2.75, 3.05) is 36.4 Å². The molecule has 1 aromatic carbocycles. The van der Waals surface area contributed by atoms with Crippen molar-refractivity contribution >= 4 is 105 Å². The van der Waals surface area contributed by atoms with E-state index in [1.807, 2.05) is 11.9 Å². The molecule has 0 aliphatic carbocycles. The molecule has 0 aliphatic rings. The number of sulfonamides is 1. The van der Waals surface area contributed by atoms with Gasteiger partial charge in [-0.15, -0.1) is 11.3 Å². The molecule has 0 fully saturated rings. The number of halogens is 4. The van der Waals surface area contributed by atoms with E-state index in [4.69, 9.17) is 23.2 Å². The zero-order chi connectivity index (χ0) is 33.3. The monoisotopic (exact) mass is 846 g/mol. The minimum absolute atomic E-state index is 0.0174. The number of aliphatic carboxylic acids is 1. The van der Waals surface area contributed by atoms with Gasteiger partial charge in [-0.1, -0.05) is 61.0 Å². The minimum atomic E-state index is -3.55. The predicted molar refractivity (Wildman–Crippen MR) is 190 cm³/mol. The van der Waals surface area contributed by atoms with Crippen molar-refractivity contribution in [3.8, 4) is 0 Å². The fraction of sp³-hybridized carbons (Fsp3) is 0.429. The number of anilines is 2. The Kier molecular flexibility index (Phi) is 15.0. The Hall–Kier alpha value is -1.30. The highest BCUT2D eigenvalue weighted by Gasteiger charge is 2.31. The van der Waals surface area contributed by atoms with Crippen LogP contribution in [0.1, 0.15) is 44.1 Å². The van der Waals surface area contributed by atoms with E-state index in [0.717, 1.165) is 60.7 Å². The number of aromatic nitrogens is 1. The standard InChI is InChI=1S/C28H34Br2Cl2N4O6S3/c1-34(13-7-5-3-4-6-8-14-35(2)45(41,42)25-17-22(29)26(32)43-25)27-23(30)16-21(18-33-27)36(44(39)40)24(28(37)38)15-19-9-11-20(31)12-10-19/h9-12,16-18,24H,3-8,13-15H2,1-2H3,(H,37,38)(H,39,40). The lowest BCUT2D eigenvalue weighted by molar-refractivity contribution is -0.138. The first-order valence-electron chi connectivity index (χ1n) is 13.9. The molecule has 0 saturated heterocycles. The molecule has 3 aromatic rings. The van der Waals surface area contributed by atoms with Crippen molar-refractivity contribution in [3.63, 3.8) is 0 Å². The zero-order valence-electron chi connectivity index (χ0n) is 24.5. The third-order valence-electron chi connectivity index (χ3n) is 7.01. The molecular formula is C28H34Br2Cl2N4O6S3. The predicted octanol–water partition coefficient (Wildman–Crippen LogP) is 7.71. The van der Waals surface area contributed by atoms with Crippen LogP contribution in [0.4, 0.5) is 11.5 Å². The molecule has 0 radical (unpaired) electrons. The number of pyridine rings is 1. The number of hydrogen-bond donors (Lipinski definition) is 2. The molecule has 2 unspecified atom stereocenters. The molecule has 2 heterocycles. The SMILES string of the molecule is CN(CCCCCCCCN(C)S(=O)(=O)c1cc(Br)c(Cl)s1)c1ncc(N(C(Cc2ccc(Cl)cc2)C(=O)O)S(=O)O)cc1Br. The molecule has 248 valence electrons. The van der Waals surface area contributed by atoms with E-state index >= 15 is 0 Å². The van der Waals surface area contributed by atoms with E-state index in [-0.39, 0.29) is 16.3 Å². The van der Waals surface area contributed by atoms with E-state index < -0.39 is 33.3 Å². The number of hydrogen-bond acceptors (Lipinski definition) is 7. The highest BCUT2D eigenvalue weighted by atomic mass is 79.9. The van der Waals surface area contributed by atoms with Crippen LogP contribution in [0.3, 0.4) is 0 Å². The molecule has 2 atom stereocenters. The van der Waals surface area contributed by atoms with Crippen LogP contribution in [0.25, 0.3) is 0 Å². The van der Waals surface area contributed by atoms with Gasteiger partial charge >= 0.3 is 5.97 Å². The fourth-order valence-corrected chi connectivity index (χ4v) is 9.69. The minimum Gasteiger partial charge on any atom is -0.480 e. The normalized spacial score (nSPS) is 13.2. The van der Waals surface area contributed by atoms with Gasteiger partial charge in [-0.3, -0.25) is 8.86 Å². The molecule has 0 amide bonds. The summed E-state index contributed by atoms with van der Waals surface area (Å²) in [5, 5.41) is 10.4. The Bertz CT molecular complexity index is 1560. The van der Waals surface area contributed by atoms with Gasteiger partial charge in [0, 0.05) is 43.1 Å². The second-order valence-electron chi connectivity index (χ2n) is 10.3. The molecule has 0 saturated carbocycles. The Balaban J connectivity index is 1.46. The van der Waals surface area contributed by atoms with Gasteiger partial charge in [0.25, 0.3) is 21.3 Å². The smallest absolute Gasteiger partial charge is 0.327 e. The number of benzene rings is 1. The molecule has 0 aliphatic heterocycles. The van der Waals surface area contributed by atoms with E-state index in [9.17, 15) is 27.1 Å². The second kappa shape index (κ2) is 17.7. The second-order valence-corrected chi connectivity index (χ2v) is 17.2. The maximum Gasteiger partial charge on any atom is 0.327 e. The average Bonchev–Trinajstić information content (AvgIpc) is 3.33. The topological polar surface area (TPSA) is 131 Å². The molecular weight excluding hydrogens is 815 g/mol. The third kappa shape index (κ3) is 10.9. The number of unbranched alkanes of at least 4 members (excludes halogenated alkanes) is 5. The maximum atomic E-state index is 12.7. The summed E-state index contributed by atoms with van der Waals surface area (Å²) < 4.78 is 51.8. The van der Waals surface area contributed by atoms with E-state index in [0.29, 0.717) is 36.2 Å². The third-order valence-corrected chi connectivity index (χ3v) is 13.4. The van der Waals surface area contributed by atoms with Crippen LogP contribution in [0.2, 0.25) is 9.36 Å². The van der Waals surface area contributed by atoms with Gasteiger partial charge in [-0.05, 0) is 74.5 Å². The number of thiophene rings is 1. The lowest BCUT2D eigenvalue weighted by atomic mass is 10.1. The van der Waals surface area contributed by atoms with Crippen molar-refractivity contribution in [1.82, 2.24) is 9.29 Å². The van der Waals surface area contributed by atoms with Crippen LogP contribution in [-0.2, 0) is 32.5 Å². The average molecular weight is 850 g/mol. The first-order chi connectivity index (χ1) is 21.2. The lowest BCUT2D eigenvalue weighted by Gasteiger charge is -2.28. The summed E-state index contributed by atoms with van der Waals surface area (Å²) in [5.74, 6) is -0.630. The van der Waals surface area contributed by atoms with Gasteiger partial charge in [0.15, 0.2) is 0 Å². The van der Waals surface area contributed by atoms with Crippen molar-refractivity contribution in [2.45, 2.75) is 55.2 Å². The first-order valence-corrected chi connectivity index (χ1v) is 19.5. The molecule has 10 nitrogen and oxygen atoms in total. The molecule has 0 spiro atoms. The van der Waals surface area contributed by atoms with Gasteiger partial charge in [-0.2, -0.15) is 0 Å². The molecule has 3 rings (SSSR count). The van der Waals surface area contributed by atoms with Gasteiger partial charge in [-0.25, -0.2) is 26.7 Å². The first kappa shape index (κ1) is 38.2. The number of nitrogens with zero attached hydrogens (tertiary/aromatic N) is 4. The quantitative estimate of drug-likeness (QED) is 0.0984. The Labute approximate surface area is 297 Å². The Morgan fingerprint density at radius 1 is 1.00 bits per heavy atom. The molecule has 2 N–H and O–H groups in total. The molecule has 2 aromatic heterocycles. The van der Waals surface area contributed by atoms with Gasteiger partial charge in [0.1, 0.15) is 20.4 Å². The van der Waals surface area contributed by atoms with E-state index in [1.54, 1.807) is 37.4 Å². The molecule has 45 heavy (non-hydrogen) atoms. The summed E-state index contributed by atoms with van der Waals surface area (Å²) >= 11 is 17.1. The summed E-state index contributed by atoms with van der Waals surface area (Å²) in [5.41, 5.74) is 0.839. The van der Waals surface area contributed by atoms with Crippen LogP contribution >= 0.6 is 66.4 Å². The van der Waals surface area contributed by atoms with Crippen molar-refractivity contribution in [1.29, 1.82) is 0 Å². The largest absolute Gasteiger partial charge is 0.480 e. The van der Waals surface area contributed by atoms with Crippen LogP contribution in [0.5, 0.6) is 0 Å². The number of carboxylic acid groups (broad SMARTS) is 1. The van der Waals surface area contributed by atoms with Gasteiger partial charge in [0.2, 0.25) is 0 Å². The van der Waals surface area contributed by atoms with Crippen LogP contribution in [0.15, 0.2) is 55.7 Å². The van der Waals surface area contributed by atoms with E-state index in [2.05, 4.69) is 36.8 Å². The van der Waals surface area contributed by atoms with Gasteiger partial charge < -0.3 is 10.0 Å². The molecule has 17 heteroatoms. The highest BCUT2D eigenvalue weighted by Crippen LogP contribution is 2.36. The highest BCUT2D eigenvalue weighted by molar-refractivity contribution is 9.11. The summed E-state index contributed by atoms with van der Waals surface area (Å²) in [6.07, 6.45) is 6.94. The summed E-state index contributed by atoms with van der Waals surface area (Å²) in [4.78, 5) is 18.6. The summed E-state index contributed by atoms with van der Waals surface area (Å²) in [7, 11) is -0.0789. The fourth-order valence-electron chi connectivity index (χ4n) is 4.54. The lowest BCUT2D eigenvalue weighted by Crippen LogP contribution is -2.44. The van der Waals surface area contributed by atoms with Crippen molar-refractivity contribution in [2.24, 2.45) is 0 Å². The molecule has 0 bridgehead atoms. The van der Waals surface area contributed by atoms with Crippen molar-refractivity contribution in [3.05, 3.63) is 66.5 Å². The van der Waals surface area contributed by atoms with Crippen LogP contribution in [0, 0.1) is 0 Å². The van der Waals surface area contributed by atoms with Gasteiger partial charge in [0.05, 0.1) is 16.4 Å². The number of carbonyl (C=O) groups is 1. The number of carboxylic acids is 1. The van der Waals surface area contributed by atoms with Crippen LogP contribution < -0.4 is 9.21 Å². The Morgan fingerprint density at radius 3 is 2.13 bits per heavy atom. The van der Waals surface area contributed by atoms with Crippen LogP contribution in [-0.4, -0.2) is 70.8 Å². The zero-order valence-corrected chi connectivity index (χ0v) is 31.7. The summed E-state index contributed by atoms with van der Waals surface area (Å²) in [6.45, 7) is 1.15.